The number of carbonyl (C=O) groups is 2. The zero-order valence-electron chi connectivity index (χ0n) is 13.7. The molecule has 2 N–H and O–H groups in total. The van der Waals surface area contributed by atoms with Crippen LogP contribution in [0.4, 0.5) is 0 Å². The van der Waals surface area contributed by atoms with E-state index in [9.17, 15) is 14.7 Å². The van der Waals surface area contributed by atoms with E-state index in [0.717, 1.165) is 0 Å². The van der Waals surface area contributed by atoms with Crippen molar-refractivity contribution in [3.05, 3.63) is 83.9 Å². The topological polar surface area (TPSA) is 66.4 Å². The van der Waals surface area contributed by atoms with E-state index >= 15 is 0 Å². The maximum absolute atomic E-state index is 13.0. The molecular weight excluding hydrogens is 302 g/mol. The second kappa shape index (κ2) is 7.70. The minimum absolute atomic E-state index is 0.0328. The quantitative estimate of drug-likeness (QED) is 0.608. The second-order valence-electron chi connectivity index (χ2n) is 5.76. The minimum Gasteiger partial charge on any atom is -0.377 e. The Labute approximate surface area is 141 Å². The number of hydrogen-bond acceptors (Lipinski definition) is 3. The normalized spacial score (nSPS) is 12.9. The number of aliphatic hydroxyl groups is 1. The maximum Gasteiger partial charge on any atom is 0.217 e. The van der Waals surface area contributed by atoms with E-state index in [-0.39, 0.29) is 18.9 Å². The third kappa shape index (κ3) is 4.18. The lowest BCUT2D eigenvalue weighted by molar-refractivity contribution is -0.118. The van der Waals surface area contributed by atoms with Crippen LogP contribution in [0.5, 0.6) is 0 Å². The molecule has 2 rings (SSSR count). The third-order valence-corrected chi connectivity index (χ3v) is 3.76. The van der Waals surface area contributed by atoms with Gasteiger partial charge in [0.25, 0.3) is 0 Å². The zero-order valence-corrected chi connectivity index (χ0v) is 13.7. The van der Waals surface area contributed by atoms with E-state index in [2.05, 4.69) is 11.9 Å². The van der Waals surface area contributed by atoms with Gasteiger partial charge in [0.15, 0.2) is 11.4 Å². The molecule has 2 aromatic rings. The van der Waals surface area contributed by atoms with Crippen molar-refractivity contribution >= 4 is 11.7 Å². The number of ketones is 1. The molecule has 0 aromatic heterocycles. The van der Waals surface area contributed by atoms with Gasteiger partial charge in [-0.2, -0.15) is 0 Å². The minimum atomic E-state index is -1.72. The number of hydrogen-bond donors (Lipinski definition) is 2. The number of Topliss-reactive ketones (excluding diaryl/α,β-unsaturated/α-hetero) is 1. The summed E-state index contributed by atoms with van der Waals surface area (Å²) in [4.78, 5) is 24.0. The smallest absolute Gasteiger partial charge is 0.217 e. The molecule has 4 nitrogen and oxygen atoms in total. The van der Waals surface area contributed by atoms with Crippen molar-refractivity contribution in [1.29, 1.82) is 0 Å². The predicted molar refractivity (Wildman–Crippen MR) is 93.6 cm³/mol. The Morgan fingerprint density at radius 1 is 1.04 bits per heavy atom. The van der Waals surface area contributed by atoms with Crippen LogP contribution in [-0.4, -0.2) is 23.3 Å². The summed E-state index contributed by atoms with van der Waals surface area (Å²) >= 11 is 0. The molecule has 0 spiro atoms. The SMILES string of the molecule is C=C(CNC(C)=O)CC(O)(C(=O)c1ccccc1)c1ccccc1. The van der Waals surface area contributed by atoms with Crippen molar-refractivity contribution in [2.24, 2.45) is 0 Å². The van der Waals surface area contributed by atoms with Crippen LogP contribution in [0.15, 0.2) is 72.8 Å². The van der Waals surface area contributed by atoms with Gasteiger partial charge in [-0.05, 0) is 5.56 Å². The van der Waals surface area contributed by atoms with Crippen molar-refractivity contribution in [2.45, 2.75) is 18.9 Å². The van der Waals surface area contributed by atoms with E-state index in [4.69, 9.17) is 0 Å². The molecule has 124 valence electrons. The van der Waals surface area contributed by atoms with E-state index in [1.807, 2.05) is 12.1 Å². The third-order valence-electron chi connectivity index (χ3n) is 3.76. The van der Waals surface area contributed by atoms with E-state index in [1.54, 1.807) is 48.5 Å². The van der Waals surface area contributed by atoms with Crippen LogP contribution in [0, 0.1) is 0 Å². The first-order chi connectivity index (χ1) is 11.4. The van der Waals surface area contributed by atoms with Crippen LogP contribution in [-0.2, 0) is 10.4 Å². The molecule has 4 heteroatoms. The predicted octanol–water partition coefficient (Wildman–Crippen LogP) is 2.84. The lowest BCUT2D eigenvalue weighted by atomic mass is 9.81. The van der Waals surface area contributed by atoms with Gasteiger partial charge in [0.2, 0.25) is 5.91 Å². The van der Waals surface area contributed by atoms with Gasteiger partial charge >= 0.3 is 0 Å². The van der Waals surface area contributed by atoms with Gasteiger partial charge in [0.05, 0.1) is 0 Å². The molecule has 24 heavy (non-hydrogen) atoms. The standard InChI is InChI=1S/C20H21NO3/c1-15(14-21-16(2)22)13-20(24,18-11-7-4-8-12-18)19(23)17-9-5-3-6-10-17/h3-12,24H,1,13-14H2,2H3,(H,21,22). The molecule has 0 fully saturated rings. The van der Waals surface area contributed by atoms with Crippen molar-refractivity contribution in [3.63, 3.8) is 0 Å². The van der Waals surface area contributed by atoms with E-state index < -0.39 is 11.4 Å². The Morgan fingerprint density at radius 3 is 2.12 bits per heavy atom. The van der Waals surface area contributed by atoms with Gasteiger partial charge < -0.3 is 10.4 Å². The number of nitrogens with one attached hydrogen (secondary N) is 1. The van der Waals surface area contributed by atoms with Crippen LogP contribution in [0.1, 0.15) is 29.3 Å². The molecule has 0 aliphatic rings. The Bertz CT molecular complexity index is 725. The fourth-order valence-corrected chi connectivity index (χ4v) is 2.53. The average molecular weight is 323 g/mol. The first-order valence-electron chi connectivity index (χ1n) is 7.72. The van der Waals surface area contributed by atoms with E-state index in [0.29, 0.717) is 16.7 Å². The summed E-state index contributed by atoms with van der Waals surface area (Å²) in [6, 6.07) is 17.5. The molecule has 0 bridgehead atoms. The molecule has 0 heterocycles. The summed E-state index contributed by atoms with van der Waals surface area (Å²) in [7, 11) is 0. The lowest BCUT2D eigenvalue weighted by Crippen LogP contribution is -2.37. The van der Waals surface area contributed by atoms with Gasteiger partial charge in [-0.3, -0.25) is 9.59 Å². The fraction of sp³-hybridized carbons (Fsp3) is 0.200. The van der Waals surface area contributed by atoms with Crippen molar-refractivity contribution in [1.82, 2.24) is 5.32 Å². The zero-order chi connectivity index (χ0) is 17.6. The summed E-state index contributed by atoms with van der Waals surface area (Å²) in [6.07, 6.45) is 0.0328. The highest BCUT2D eigenvalue weighted by Gasteiger charge is 2.38. The van der Waals surface area contributed by atoms with Crippen LogP contribution < -0.4 is 5.32 Å². The van der Waals surface area contributed by atoms with Gasteiger partial charge in [-0.15, -0.1) is 0 Å². The molecule has 0 aliphatic carbocycles. The average Bonchev–Trinajstić information content (AvgIpc) is 2.60. The number of amides is 1. The van der Waals surface area contributed by atoms with Crippen molar-refractivity contribution in [3.8, 4) is 0 Å². The highest BCUT2D eigenvalue weighted by molar-refractivity contribution is 6.03. The number of rotatable bonds is 7. The van der Waals surface area contributed by atoms with Crippen LogP contribution in [0.2, 0.25) is 0 Å². The Hall–Kier alpha value is -2.72. The van der Waals surface area contributed by atoms with Crippen molar-refractivity contribution < 1.29 is 14.7 Å². The largest absolute Gasteiger partial charge is 0.377 e. The Morgan fingerprint density at radius 2 is 1.58 bits per heavy atom. The van der Waals surface area contributed by atoms with E-state index in [1.165, 1.54) is 6.92 Å². The molecule has 0 saturated heterocycles. The summed E-state index contributed by atoms with van der Waals surface area (Å²) in [5.74, 6) is -0.577. The number of benzene rings is 2. The van der Waals surface area contributed by atoms with Crippen LogP contribution >= 0.6 is 0 Å². The molecule has 2 aromatic carbocycles. The highest BCUT2D eigenvalue weighted by Crippen LogP contribution is 2.31. The number of carbonyl (C=O) groups excluding carboxylic acids is 2. The maximum atomic E-state index is 13.0. The van der Waals surface area contributed by atoms with Gasteiger partial charge in [-0.25, -0.2) is 0 Å². The molecular formula is C20H21NO3. The highest BCUT2D eigenvalue weighted by atomic mass is 16.3. The first kappa shape index (κ1) is 17.6. The summed E-state index contributed by atoms with van der Waals surface area (Å²) in [6.45, 7) is 5.51. The Kier molecular flexibility index (Phi) is 5.66. The van der Waals surface area contributed by atoms with Crippen LogP contribution in [0.3, 0.4) is 0 Å². The summed E-state index contributed by atoms with van der Waals surface area (Å²) < 4.78 is 0. The Balaban J connectivity index is 2.34. The van der Waals surface area contributed by atoms with Gasteiger partial charge in [0, 0.05) is 25.5 Å². The molecule has 1 atom stereocenters. The molecule has 0 aliphatic heterocycles. The summed E-state index contributed by atoms with van der Waals surface area (Å²) in [5, 5.41) is 13.9. The molecule has 0 saturated carbocycles. The first-order valence-corrected chi connectivity index (χ1v) is 7.72. The summed E-state index contributed by atoms with van der Waals surface area (Å²) in [5.41, 5.74) is -0.224. The second-order valence-corrected chi connectivity index (χ2v) is 5.76. The van der Waals surface area contributed by atoms with Gasteiger partial charge in [-0.1, -0.05) is 72.8 Å². The van der Waals surface area contributed by atoms with Crippen molar-refractivity contribution in [2.75, 3.05) is 6.54 Å². The lowest BCUT2D eigenvalue weighted by Gasteiger charge is -2.28. The molecule has 1 unspecified atom stereocenters. The molecule has 0 radical (unpaired) electrons. The molecule has 1 amide bonds. The van der Waals surface area contributed by atoms with Crippen LogP contribution in [0.25, 0.3) is 0 Å². The monoisotopic (exact) mass is 323 g/mol. The van der Waals surface area contributed by atoms with Gasteiger partial charge in [0.1, 0.15) is 0 Å². The fourth-order valence-electron chi connectivity index (χ4n) is 2.53.